The monoisotopic (exact) mass is 235 g/mol. The molecule has 1 radical (unpaired) electrons. The molecule has 0 atom stereocenters. The van der Waals surface area contributed by atoms with Gasteiger partial charge in [-0.05, 0) is 6.08 Å². The first-order valence-electron chi connectivity index (χ1n) is 4.58. The van der Waals surface area contributed by atoms with Crippen LogP contribution in [0.1, 0.15) is 20.3 Å². The topological polar surface area (TPSA) is 86.2 Å². The molecule has 0 aromatic heterocycles. The average Bonchev–Trinajstić information content (AvgIpc) is 2.17. The van der Waals surface area contributed by atoms with Crippen LogP contribution in [0.3, 0.4) is 0 Å². The van der Waals surface area contributed by atoms with Crippen molar-refractivity contribution in [1.29, 1.82) is 0 Å². The summed E-state index contributed by atoms with van der Waals surface area (Å²) >= 11 is 0. The molecule has 0 spiro atoms. The third-order valence-electron chi connectivity index (χ3n) is 1.71. The summed E-state index contributed by atoms with van der Waals surface area (Å²) in [7, 11) is 0. The van der Waals surface area contributed by atoms with Gasteiger partial charge < -0.3 is 11.5 Å². The van der Waals surface area contributed by atoms with Crippen LogP contribution in [0, 0.1) is 5.41 Å². The summed E-state index contributed by atoms with van der Waals surface area (Å²) in [5, 5.41) is 0. The number of hydrogen-bond acceptors (Lipinski definition) is 3. The Kier molecular flexibility index (Phi) is 14.5. The number of rotatable bonds is 5. The van der Waals surface area contributed by atoms with E-state index < -0.39 is 5.41 Å². The van der Waals surface area contributed by atoms with Crippen LogP contribution in [0.15, 0.2) is 25.3 Å². The van der Waals surface area contributed by atoms with E-state index in [2.05, 4.69) is 13.2 Å². The van der Waals surface area contributed by atoms with E-state index in [1.165, 1.54) is 12.2 Å². The minimum Gasteiger partial charge on any atom is -0.369 e. The van der Waals surface area contributed by atoms with E-state index in [0.29, 0.717) is 6.54 Å². The molecule has 16 heavy (non-hydrogen) atoms. The van der Waals surface area contributed by atoms with Crippen LogP contribution in [-0.2, 0) is 9.59 Å². The Hall–Kier alpha value is -0.420. The molecule has 0 bridgehead atoms. The van der Waals surface area contributed by atoms with Gasteiger partial charge in [0.15, 0.2) is 5.78 Å². The van der Waals surface area contributed by atoms with E-state index in [0.717, 1.165) is 0 Å². The van der Waals surface area contributed by atoms with Gasteiger partial charge in [0, 0.05) is 47.9 Å². The molecule has 87 valence electrons. The summed E-state index contributed by atoms with van der Waals surface area (Å²) in [6.45, 7) is 10.6. The van der Waals surface area contributed by atoms with E-state index in [-0.39, 0.29) is 47.7 Å². The number of carbonyl (C=O) groups excluding carboxylic acids is 2. The number of amides is 1. The summed E-state index contributed by atoms with van der Waals surface area (Å²) in [5.74, 6) is -0.324. The zero-order valence-electron chi connectivity index (χ0n) is 10.5. The molecule has 1 amide bonds. The van der Waals surface area contributed by atoms with Gasteiger partial charge in [-0.3, -0.25) is 9.59 Å². The summed E-state index contributed by atoms with van der Waals surface area (Å²) in [4.78, 5) is 20.6. The van der Waals surface area contributed by atoms with Gasteiger partial charge in [-0.2, -0.15) is 0 Å². The Morgan fingerprint density at radius 2 is 1.75 bits per heavy atom. The number of ketones is 1. The molecular formula is C11H20N2NaO2. The number of carbonyl (C=O) groups is 2. The first-order chi connectivity index (χ1) is 6.81. The molecule has 0 aliphatic heterocycles. The van der Waals surface area contributed by atoms with Crippen molar-refractivity contribution in [3.63, 3.8) is 0 Å². The molecule has 0 saturated heterocycles. The minimum atomic E-state index is -0.429. The molecule has 0 saturated carbocycles. The Labute approximate surface area is 119 Å². The average molecular weight is 235 g/mol. The van der Waals surface area contributed by atoms with Gasteiger partial charge >= 0.3 is 0 Å². The van der Waals surface area contributed by atoms with E-state index in [1.54, 1.807) is 13.8 Å². The molecule has 0 heterocycles. The second-order valence-electron chi connectivity index (χ2n) is 3.62. The van der Waals surface area contributed by atoms with Crippen LogP contribution in [0.25, 0.3) is 0 Å². The third-order valence-corrected chi connectivity index (χ3v) is 1.71. The second-order valence-corrected chi connectivity index (χ2v) is 3.62. The van der Waals surface area contributed by atoms with Gasteiger partial charge in [0.2, 0.25) is 5.91 Å². The van der Waals surface area contributed by atoms with Crippen molar-refractivity contribution in [2.45, 2.75) is 20.3 Å². The van der Waals surface area contributed by atoms with Gasteiger partial charge in [0.25, 0.3) is 0 Å². The Balaban J connectivity index is -0.000000214. The number of primary amides is 1. The van der Waals surface area contributed by atoms with Crippen LogP contribution < -0.4 is 11.5 Å². The van der Waals surface area contributed by atoms with Crippen molar-refractivity contribution in [1.82, 2.24) is 0 Å². The van der Waals surface area contributed by atoms with Gasteiger partial charge in [0.05, 0.1) is 0 Å². The summed E-state index contributed by atoms with van der Waals surface area (Å²) in [6, 6.07) is 0. The zero-order chi connectivity index (χ0) is 12.5. The number of hydrogen-bond donors (Lipinski definition) is 2. The molecular weight excluding hydrogens is 215 g/mol. The first-order valence-corrected chi connectivity index (χ1v) is 4.58. The molecule has 5 heteroatoms. The maximum atomic E-state index is 10.9. The Bertz CT molecular complexity index is 250. The van der Waals surface area contributed by atoms with Crippen LogP contribution in [0.2, 0.25) is 0 Å². The van der Waals surface area contributed by atoms with E-state index in [4.69, 9.17) is 11.5 Å². The Morgan fingerprint density at radius 3 is 1.81 bits per heavy atom. The molecule has 0 fully saturated rings. The van der Waals surface area contributed by atoms with E-state index in [9.17, 15) is 9.59 Å². The normalized spacial score (nSPS) is 8.94. The van der Waals surface area contributed by atoms with Gasteiger partial charge in [0.1, 0.15) is 0 Å². The fourth-order valence-electron chi connectivity index (χ4n) is 0.519. The van der Waals surface area contributed by atoms with Crippen molar-refractivity contribution >= 4 is 41.2 Å². The summed E-state index contributed by atoms with van der Waals surface area (Å²) < 4.78 is 0. The van der Waals surface area contributed by atoms with Crippen molar-refractivity contribution < 1.29 is 9.59 Å². The van der Waals surface area contributed by atoms with Gasteiger partial charge in [-0.15, -0.1) is 6.58 Å². The zero-order valence-corrected chi connectivity index (χ0v) is 12.5. The number of nitrogens with two attached hydrogens (primary N) is 2. The minimum absolute atomic E-state index is 0. The SMILES string of the molecule is C=CC(=O)C(C)(C)CN.C=CCC(N)=O.[Na]. The van der Waals surface area contributed by atoms with E-state index in [1.807, 2.05) is 0 Å². The molecule has 0 aliphatic rings. The van der Waals surface area contributed by atoms with Crippen LogP contribution in [-0.4, -0.2) is 47.8 Å². The maximum Gasteiger partial charge on any atom is 0.221 e. The summed E-state index contributed by atoms with van der Waals surface area (Å²) in [6.07, 6.45) is 3.06. The smallest absolute Gasteiger partial charge is 0.221 e. The molecule has 0 aromatic rings. The number of allylic oxidation sites excluding steroid dienone is 1. The summed E-state index contributed by atoms with van der Waals surface area (Å²) in [5.41, 5.74) is 9.58. The molecule has 4 nitrogen and oxygen atoms in total. The van der Waals surface area contributed by atoms with Gasteiger partial charge in [-0.1, -0.05) is 26.5 Å². The van der Waals surface area contributed by atoms with Crippen LogP contribution in [0.4, 0.5) is 0 Å². The second kappa shape index (κ2) is 11.1. The fourth-order valence-corrected chi connectivity index (χ4v) is 0.519. The predicted molar refractivity (Wildman–Crippen MR) is 67.8 cm³/mol. The molecule has 4 N–H and O–H groups in total. The molecule has 0 aromatic carbocycles. The largest absolute Gasteiger partial charge is 0.369 e. The first kappa shape index (κ1) is 20.9. The van der Waals surface area contributed by atoms with Crippen LogP contribution in [0.5, 0.6) is 0 Å². The van der Waals surface area contributed by atoms with Crippen molar-refractivity contribution in [2.24, 2.45) is 16.9 Å². The van der Waals surface area contributed by atoms with Crippen molar-refractivity contribution in [2.75, 3.05) is 6.54 Å². The Morgan fingerprint density at radius 1 is 1.31 bits per heavy atom. The van der Waals surface area contributed by atoms with Gasteiger partial charge in [-0.25, -0.2) is 0 Å². The van der Waals surface area contributed by atoms with Crippen molar-refractivity contribution in [3.8, 4) is 0 Å². The van der Waals surface area contributed by atoms with Crippen molar-refractivity contribution in [3.05, 3.63) is 25.3 Å². The molecule has 0 rings (SSSR count). The van der Waals surface area contributed by atoms with Crippen LogP contribution >= 0.6 is 0 Å². The molecule has 0 unspecified atom stereocenters. The fraction of sp³-hybridized carbons (Fsp3) is 0.455. The third kappa shape index (κ3) is 11.7. The predicted octanol–water partition coefficient (Wildman–Crippen LogP) is 0.393. The van der Waals surface area contributed by atoms with E-state index >= 15 is 0 Å². The maximum absolute atomic E-state index is 10.9. The standard InChI is InChI=1S/C7H13NO.C4H7NO.Na/c1-4-6(9)7(2,3)5-8;1-2-3-4(5)6;/h4H,1,5,8H2,2-3H3;2H,1,3H2,(H2,5,6);. The quantitative estimate of drug-likeness (QED) is 0.410. The molecule has 0 aliphatic carbocycles.